The van der Waals surface area contributed by atoms with Crippen LogP contribution in [-0.2, 0) is 9.47 Å². The van der Waals surface area contributed by atoms with E-state index in [4.69, 9.17) is 9.47 Å². The average molecular weight is 172 g/mol. The summed E-state index contributed by atoms with van der Waals surface area (Å²) in [4.78, 5) is 0. The minimum Gasteiger partial charge on any atom is -0.355 e. The second-order valence-electron chi connectivity index (χ2n) is 3.53. The maximum Gasteiger partial charge on any atom is 0.147 e. The third-order valence-electron chi connectivity index (χ3n) is 2.54. The summed E-state index contributed by atoms with van der Waals surface area (Å²) in [5.74, 6) is 0.190. The molecule has 0 radical (unpaired) electrons. The van der Waals surface area contributed by atoms with Gasteiger partial charge >= 0.3 is 0 Å². The molecule has 2 fully saturated rings. The molecule has 0 aromatic rings. The van der Waals surface area contributed by atoms with E-state index in [1.54, 1.807) is 0 Å². The zero-order valence-corrected chi connectivity index (χ0v) is 6.96. The van der Waals surface area contributed by atoms with Crippen LogP contribution < -0.4 is 0 Å². The molecule has 0 amide bonds. The van der Waals surface area contributed by atoms with Crippen molar-refractivity contribution in [3.63, 3.8) is 0 Å². The minimum atomic E-state index is -0.746. The summed E-state index contributed by atoms with van der Waals surface area (Å²) in [5, 5.41) is 0. The Kier molecular flexibility index (Phi) is 2.15. The van der Waals surface area contributed by atoms with Crippen LogP contribution >= 0.6 is 0 Å². The fourth-order valence-corrected chi connectivity index (χ4v) is 2.00. The van der Waals surface area contributed by atoms with Crippen LogP contribution in [0.25, 0.3) is 0 Å². The van der Waals surface area contributed by atoms with E-state index in [0.29, 0.717) is 26.2 Å². The van der Waals surface area contributed by atoms with E-state index in [0.717, 1.165) is 5.57 Å². The van der Waals surface area contributed by atoms with Gasteiger partial charge in [0.1, 0.15) is 13.0 Å². The number of rotatable bonds is 0. The summed E-state index contributed by atoms with van der Waals surface area (Å²) in [6, 6.07) is 0. The smallest absolute Gasteiger partial charge is 0.147 e. The van der Waals surface area contributed by atoms with Gasteiger partial charge in [0.25, 0.3) is 0 Å². The fraction of sp³-hybridized carbons (Fsp3) is 0.778. The summed E-state index contributed by atoms with van der Waals surface area (Å²) >= 11 is 0. The van der Waals surface area contributed by atoms with Crippen LogP contribution in [-0.4, -0.2) is 25.7 Å². The van der Waals surface area contributed by atoms with Gasteiger partial charge < -0.3 is 9.47 Å². The first-order valence-corrected chi connectivity index (χ1v) is 4.28. The number of hydrogen-bond donors (Lipinski definition) is 0. The van der Waals surface area contributed by atoms with E-state index in [1.165, 1.54) is 0 Å². The molecule has 3 heteroatoms. The maximum atomic E-state index is 13.0. The lowest BCUT2D eigenvalue weighted by molar-refractivity contribution is -0.168. The Labute approximate surface area is 71.4 Å². The monoisotopic (exact) mass is 172 g/mol. The van der Waals surface area contributed by atoms with E-state index in [2.05, 4.69) is 6.58 Å². The summed E-state index contributed by atoms with van der Waals surface area (Å²) in [6.07, 6.45) is 0.319. The summed E-state index contributed by atoms with van der Waals surface area (Å²) in [6.45, 7) is 4.77. The number of hydrogen-bond acceptors (Lipinski definition) is 2. The molecule has 2 aliphatic rings. The highest BCUT2D eigenvalue weighted by atomic mass is 19.1. The largest absolute Gasteiger partial charge is 0.355 e. The molecule has 1 aliphatic heterocycles. The van der Waals surface area contributed by atoms with Crippen molar-refractivity contribution in [3.8, 4) is 0 Å². The first-order valence-electron chi connectivity index (χ1n) is 4.28. The number of halogens is 1. The quantitative estimate of drug-likeness (QED) is 0.517. The van der Waals surface area contributed by atoms with E-state index in [9.17, 15) is 4.39 Å². The fourth-order valence-electron chi connectivity index (χ4n) is 2.00. The highest BCUT2D eigenvalue weighted by molar-refractivity contribution is 5.11. The average Bonchev–Trinajstić information content (AvgIpc) is 2.04. The first kappa shape index (κ1) is 8.20. The Hall–Kier alpha value is -0.410. The van der Waals surface area contributed by atoms with Crippen molar-refractivity contribution in [1.82, 2.24) is 0 Å². The molecule has 0 N–H and O–H groups in total. The zero-order valence-electron chi connectivity index (χ0n) is 6.96. The highest BCUT2D eigenvalue weighted by Crippen LogP contribution is 2.34. The molecule has 1 aliphatic carbocycles. The molecule has 68 valence electrons. The van der Waals surface area contributed by atoms with Crippen molar-refractivity contribution in [2.45, 2.75) is 25.1 Å². The van der Waals surface area contributed by atoms with Crippen molar-refractivity contribution in [2.24, 2.45) is 5.92 Å². The van der Waals surface area contributed by atoms with Crippen LogP contribution in [0.3, 0.4) is 0 Å². The molecule has 0 aromatic carbocycles. The third kappa shape index (κ3) is 1.39. The molecule has 2 rings (SSSR count). The van der Waals surface area contributed by atoms with Gasteiger partial charge in [-0.15, -0.1) is 0 Å². The topological polar surface area (TPSA) is 18.5 Å². The van der Waals surface area contributed by atoms with Gasteiger partial charge in [0.05, 0.1) is 12.7 Å². The number of ether oxygens (including phenoxy) is 2. The SMILES string of the molecule is C=C1CC(F)CC2COCOC12. The molecule has 0 aromatic heterocycles. The minimum absolute atomic E-state index is 0.0470. The lowest BCUT2D eigenvalue weighted by atomic mass is 9.82. The van der Waals surface area contributed by atoms with Crippen LogP contribution in [0.15, 0.2) is 12.2 Å². The van der Waals surface area contributed by atoms with E-state index >= 15 is 0 Å². The van der Waals surface area contributed by atoms with Crippen LogP contribution in [0, 0.1) is 5.92 Å². The molecule has 3 unspecified atom stereocenters. The Morgan fingerprint density at radius 2 is 2.33 bits per heavy atom. The molecule has 12 heavy (non-hydrogen) atoms. The van der Waals surface area contributed by atoms with Crippen LogP contribution in [0.4, 0.5) is 4.39 Å². The van der Waals surface area contributed by atoms with Gasteiger partial charge in [0.2, 0.25) is 0 Å². The van der Waals surface area contributed by atoms with Crippen molar-refractivity contribution in [3.05, 3.63) is 12.2 Å². The molecule has 0 spiro atoms. The molecule has 1 saturated heterocycles. The molecule has 1 heterocycles. The Bertz CT molecular complexity index is 193. The van der Waals surface area contributed by atoms with Gasteiger partial charge in [-0.2, -0.15) is 0 Å². The Morgan fingerprint density at radius 3 is 3.17 bits per heavy atom. The summed E-state index contributed by atoms with van der Waals surface area (Å²) in [5.41, 5.74) is 0.891. The zero-order chi connectivity index (χ0) is 8.55. The van der Waals surface area contributed by atoms with Crippen molar-refractivity contribution >= 4 is 0 Å². The number of alkyl halides is 1. The van der Waals surface area contributed by atoms with Gasteiger partial charge in [-0.1, -0.05) is 6.58 Å². The lowest BCUT2D eigenvalue weighted by Crippen LogP contribution is -2.41. The van der Waals surface area contributed by atoms with Crippen LogP contribution in [0.1, 0.15) is 12.8 Å². The second-order valence-corrected chi connectivity index (χ2v) is 3.53. The Balaban J connectivity index is 2.06. The second kappa shape index (κ2) is 3.15. The predicted molar refractivity (Wildman–Crippen MR) is 42.5 cm³/mol. The van der Waals surface area contributed by atoms with E-state index in [1.807, 2.05) is 0 Å². The lowest BCUT2D eigenvalue weighted by Gasteiger charge is -2.37. The van der Waals surface area contributed by atoms with Crippen molar-refractivity contribution < 1.29 is 13.9 Å². The van der Waals surface area contributed by atoms with E-state index in [-0.39, 0.29) is 12.0 Å². The van der Waals surface area contributed by atoms with Gasteiger partial charge in [-0.05, 0) is 12.0 Å². The normalized spacial score (nSPS) is 42.4. The summed E-state index contributed by atoms with van der Waals surface area (Å²) in [7, 11) is 0. The molecule has 3 atom stereocenters. The van der Waals surface area contributed by atoms with Crippen molar-refractivity contribution in [2.75, 3.05) is 13.4 Å². The van der Waals surface area contributed by atoms with Gasteiger partial charge in [-0.25, -0.2) is 4.39 Å². The molecular weight excluding hydrogens is 159 g/mol. The first-order chi connectivity index (χ1) is 5.77. The van der Waals surface area contributed by atoms with Crippen molar-refractivity contribution in [1.29, 1.82) is 0 Å². The highest BCUT2D eigenvalue weighted by Gasteiger charge is 2.36. The van der Waals surface area contributed by atoms with Gasteiger partial charge in [0, 0.05) is 12.3 Å². The summed E-state index contributed by atoms with van der Waals surface area (Å²) < 4.78 is 23.5. The predicted octanol–water partition coefficient (Wildman–Crippen LogP) is 1.66. The molecule has 2 nitrogen and oxygen atoms in total. The maximum absolute atomic E-state index is 13.0. The van der Waals surface area contributed by atoms with E-state index < -0.39 is 6.17 Å². The van der Waals surface area contributed by atoms with Gasteiger partial charge in [-0.3, -0.25) is 0 Å². The molecular formula is C9H13FO2. The molecule has 0 bridgehead atoms. The molecule has 1 saturated carbocycles. The number of fused-ring (bicyclic) bond motifs is 1. The standard InChI is InChI=1S/C9H13FO2/c1-6-2-8(10)3-7-4-11-5-12-9(6)7/h7-9H,1-5H2. The van der Waals surface area contributed by atoms with Gasteiger partial charge in [0.15, 0.2) is 0 Å². The van der Waals surface area contributed by atoms with Crippen LogP contribution in [0.2, 0.25) is 0 Å². The third-order valence-corrected chi connectivity index (χ3v) is 2.54. The Morgan fingerprint density at radius 1 is 1.50 bits per heavy atom. The van der Waals surface area contributed by atoms with Crippen LogP contribution in [0.5, 0.6) is 0 Å².